The predicted octanol–water partition coefficient (Wildman–Crippen LogP) is 2.92. The number of nitrogens with two attached hydrogens (primary N) is 1. The summed E-state index contributed by atoms with van der Waals surface area (Å²) in [6, 6.07) is 6.49. The second-order valence-corrected chi connectivity index (χ2v) is 7.85. The van der Waals surface area contributed by atoms with Crippen LogP contribution >= 0.6 is 11.3 Å². The first-order valence-corrected chi connectivity index (χ1v) is 9.85. The van der Waals surface area contributed by atoms with E-state index < -0.39 is 24.4 Å². The Kier molecular flexibility index (Phi) is 5.99. The quantitative estimate of drug-likeness (QED) is 0.693. The number of benzene rings is 1. The molecule has 0 aliphatic heterocycles. The number of nitrogens with one attached hydrogen (secondary N) is 1. The van der Waals surface area contributed by atoms with Crippen molar-refractivity contribution in [3.63, 3.8) is 0 Å². The van der Waals surface area contributed by atoms with E-state index in [1.807, 2.05) is 13.8 Å². The molecule has 1 aromatic heterocycles. The third-order valence-electron chi connectivity index (χ3n) is 4.22. The van der Waals surface area contributed by atoms with E-state index in [0.717, 1.165) is 29.7 Å². The van der Waals surface area contributed by atoms with Gasteiger partial charge in [0.1, 0.15) is 10.8 Å². The fourth-order valence-electron chi connectivity index (χ4n) is 3.07. The molecular formula is C20H22N2O5S. The lowest BCUT2D eigenvalue weighted by Gasteiger charge is -2.10. The number of rotatable bonds is 7. The molecule has 0 saturated carbocycles. The molecule has 0 spiro atoms. The first-order chi connectivity index (χ1) is 13.3. The number of primary amides is 1. The van der Waals surface area contributed by atoms with Crippen LogP contribution in [0.1, 0.15) is 51.4 Å². The van der Waals surface area contributed by atoms with Crippen molar-refractivity contribution in [3.8, 4) is 5.75 Å². The van der Waals surface area contributed by atoms with Crippen molar-refractivity contribution in [1.82, 2.24) is 0 Å². The number of hydrogen-bond acceptors (Lipinski definition) is 6. The largest absolute Gasteiger partial charge is 0.491 e. The summed E-state index contributed by atoms with van der Waals surface area (Å²) in [6.45, 7) is 3.36. The Balaban J connectivity index is 1.57. The van der Waals surface area contributed by atoms with Gasteiger partial charge in [-0.15, -0.1) is 11.3 Å². The molecule has 1 aliphatic rings. The van der Waals surface area contributed by atoms with Crippen LogP contribution in [0.3, 0.4) is 0 Å². The van der Waals surface area contributed by atoms with Crippen LogP contribution in [0.25, 0.3) is 0 Å². The molecule has 0 atom stereocenters. The van der Waals surface area contributed by atoms with Crippen LogP contribution in [0.2, 0.25) is 0 Å². The van der Waals surface area contributed by atoms with Crippen molar-refractivity contribution < 1.29 is 23.9 Å². The lowest BCUT2D eigenvalue weighted by molar-refractivity contribution is -0.119. The van der Waals surface area contributed by atoms with E-state index in [0.29, 0.717) is 21.9 Å². The molecule has 0 radical (unpaired) electrons. The Morgan fingerprint density at radius 3 is 2.54 bits per heavy atom. The molecule has 148 valence electrons. The number of thiophene rings is 1. The minimum atomic E-state index is -0.616. The first kappa shape index (κ1) is 19.9. The maximum atomic E-state index is 12.2. The molecule has 0 fully saturated rings. The van der Waals surface area contributed by atoms with Gasteiger partial charge >= 0.3 is 5.97 Å². The van der Waals surface area contributed by atoms with Crippen molar-refractivity contribution in [2.75, 3.05) is 11.9 Å². The van der Waals surface area contributed by atoms with Gasteiger partial charge in [-0.05, 0) is 62.9 Å². The van der Waals surface area contributed by atoms with E-state index in [4.69, 9.17) is 15.2 Å². The number of hydrogen-bond donors (Lipinski definition) is 2. The van der Waals surface area contributed by atoms with Crippen LogP contribution in [0.5, 0.6) is 5.75 Å². The standard InChI is InChI=1S/C20H22N2O5S/c1-11(2)27-13-8-6-12(7-9-13)20(25)26-10-16(23)22-19-17(18(21)24)14-4-3-5-15(14)28-19/h6-9,11H,3-5,10H2,1-2H3,(H2,21,24)(H,22,23). The molecule has 1 heterocycles. The third kappa shape index (κ3) is 4.51. The molecule has 0 saturated heterocycles. The smallest absolute Gasteiger partial charge is 0.338 e. The summed E-state index contributed by atoms with van der Waals surface area (Å²) in [4.78, 5) is 37.1. The van der Waals surface area contributed by atoms with Crippen molar-refractivity contribution in [2.24, 2.45) is 5.73 Å². The van der Waals surface area contributed by atoms with E-state index >= 15 is 0 Å². The Morgan fingerprint density at radius 2 is 1.89 bits per heavy atom. The maximum absolute atomic E-state index is 12.2. The second-order valence-electron chi connectivity index (χ2n) is 6.74. The summed E-state index contributed by atoms with van der Waals surface area (Å²) < 4.78 is 10.6. The van der Waals surface area contributed by atoms with Gasteiger partial charge < -0.3 is 20.5 Å². The number of anilines is 1. The van der Waals surface area contributed by atoms with Gasteiger partial charge in [0.05, 0.1) is 17.2 Å². The summed E-state index contributed by atoms with van der Waals surface area (Å²) in [7, 11) is 0. The molecule has 3 N–H and O–H groups in total. The molecular weight excluding hydrogens is 380 g/mol. The van der Waals surface area contributed by atoms with Gasteiger partial charge in [0.15, 0.2) is 6.61 Å². The van der Waals surface area contributed by atoms with Gasteiger partial charge in [0.2, 0.25) is 0 Å². The summed E-state index contributed by atoms with van der Waals surface area (Å²) >= 11 is 1.36. The number of fused-ring (bicyclic) bond motifs is 1. The average Bonchev–Trinajstić information content (AvgIpc) is 3.20. The molecule has 1 aromatic carbocycles. The average molecular weight is 402 g/mol. The molecule has 0 bridgehead atoms. The summed E-state index contributed by atoms with van der Waals surface area (Å²) in [5.74, 6) is -1.05. The Labute approximate surface area is 166 Å². The van der Waals surface area contributed by atoms with Gasteiger partial charge in [0.25, 0.3) is 11.8 Å². The zero-order chi connectivity index (χ0) is 20.3. The molecule has 8 heteroatoms. The van der Waals surface area contributed by atoms with Crippen LogP contribution < -0.4 is 15.8 Å². The highest BCUT2D eigenvalue weighted by molar-refractivity contribution is 7.17. The fourth-order valence-corrected chi connectivity index (χ4v) is 4.38. The number of carbonyl (C=O) groups is 3. The van der Waals surface area contributed by atoms with Crippen LogP contribution in [0.4, 0.5) is 5.00 Å². The minimum absolute atomic E-state index is 0.0328. The number of aryl methyl sites for hydroxylation is 1. The Morgan fingerprint density at radius 1 is 1.18 bits per heavy atom. The molecule has 3 rings (SSSR count). The molecule has 2 amide bonds. The highest BCUT2D eigenvalue weighted by Gasteiger charge is 2.26. The predicted molar refractivity (Wildman–Crippen MR) is 106 cm³/mol. The van der Waals surface area contributed by atoms with E-state index in [2.05, 4.69) is 5.32 Å². The van der Waals surface area contributed by atoms with Gasteiger partial charge in [-0.3, -0.25) is 9.59 Å². The monoisotopic (exact) mass is 402 g/mol. The van der Waals surface area contributed by atoms with E-state index in [1.165, 1.54) is 11.3 Å². The zero-order valence-corrected chi connectivity index (χ0v) is 16.6. The third-order valence-corrected chi connectivity index (χ3v) is 5.42. The number of amides is 2. The van der Waals surface area contributed by atoms with Crippen molar-refractivity contribution in [3.05, 3.63) is 45.8 Å². The Bertz CT molecular complexity index is 902. The summed E-state index contributed by atoms with van der Waals surface area (Å²) in [6.07, 6.45) is 2.67. The van der Waals surface area contributed by atoms with E-state index in [9.17, 15) is 14.4 Å². The molecule has 2 aromatic rings. The number of carbonyl (C=O) groups excluding carboxylic acids is 3. The highest BCUT2D eigenvalue weighted by Crippen LogP contribution is 2.38. The summed E-state index contributed by atoms with van der Waals surface area (Å²) in [5.41, 5.74) is 7.08. The summed E-state index contributed by atoms with van der Waals surface area (Å²) in [5, 5.41) is 3.06. The molecule has 7 nitrogen and oxygen atoms in total. The lowest BCUT2D eigenvalue weighted by Crippen LogP contribution is -2.22. The van der Waals surface area contributed by atoms with Crippen molar-refractivity contribution >= 4 is 34.1 Å². The lowest BCUT2D eigenvalue weighted by atomic mass is 10.1. The SMILES string of the molecule is CC(C)Oc1ccc(C(=O)OCC(=O)Nc2sc3c(c2C(N)=O)CCC3)cc1. The van der Waals surface area contributed by atoms with Crippen LogP contribution in [-0.4, -0.2) is 30.5 Å². The fraction of sp³-hybridized carbons (Fsp3) is 0.350. The van der Waals surface area contributed by atoms with Crippen molar-refractivity contribution in [1.29, 1.82) is 0 Å². The molecule has 0 unspecified atom stereocenters. The van der Waals surface area contributed by atoms with Gasteiger partial charge in [-0.1, -0.05) is 0 Å². The Hall–Kier alpha value is -2.87. The topological polar surface area (TPSA) is 108 Å². The van der Waals surface area contributed by atoms with Gasteiger partial charge in [-0.2, -0.15) is 0 Å². The normalized spacial score (nSPS) is 12.5. The number of ether oxygens (including phenoxy) is 2. The molecule has 1 aliphatic carbocycles. The van der Waals surface area contributed by atoms with Crippen molar-refractivity contribution in [2.45, 2.75) is 39.2 Å². The number of esters is 1. The minimum Gasteiger partial charge on any atom is -0.491 e. The maximum Gasteiger partial charge on any atom is 0.338 e. The highest BCUT2D eigenvalue weighted by atomic mass is 32.1. The van der Waals surface area contributed by atoms with E-state index in [-0.39, 0.29) is 6.10 Å². The molecule has 28 heavy (non-hydrogen) atoms. The van der Waals surface area contributed by atoms with Crippen LogP contribution in [-0.2, 0) is 22.4 Å². The van der Waals surface area contributed by atoms with Crippen LogP contribution in [0, 0.1) is 0 Å². The van der Waals surface area contributed by atoms with E-state index in [1.54, 1.807) is 24.3 Å². The zero-order valence-electron chi connectivity index (χ0n) is 15.7. The van der Waals surface area contributed by atoms with Gasteiger partial charge in [0, 0.05) is 4.88 Å². The second kappa shape index (κ2) is 8.43. The van der Waals surface area contributed by atoms with Crippen LogP contribution in [0.15, 0.2) is 24.3 Å². The first-order valence-electron chi connectivity index (χ1n) is 9.03. The van der Waals surface area contributed by atoms with Gasteiger partial charge in [-0.25, -0.2) is 4.79 Å².